The van der Waals surface area contributed by atoms with Gasteiger partial charge in [-0.25, -0.2) is 13.2 Å². The van der Waals surface area contributed by atoms with E-state index < -0.39 is 40.0 Å². The molecule has 176 valence electrons. The first-order chi connectivity index (χ1) is 15.5. The topological polar surface area (TPSA) is 134 Å². The van der Waals surface area contributed by atoms with Gasteiger partial charge in [-0.1, -0.05) is 29.8 Å². The van der Waals surface area contributed by atoms with Gasteiger partial charge in [0.15, 0.2) is 0 Å². The Morgan fingerprint density at radius 1 is 1.15 bits per heavy atom. The van der Waals surface area contributed by atoms with Crippen LogP contribution in [0.2, 0.25) is 0 Å². The Balaban J connectivity index is 1.72. The van der Waals surface area contributed by atoms with Crippen molar-refractivity contribution < 1.29 is 27.5 Å². The van der Waals surface area contributed by atoms with E-state index in [9.17, 15) is 22.8 Å². The summed E-state index contributed by atoms with van der Waals surface area (Å²) in [6.45, 7) is 4.52. The van der Waals surface area contributed by atoms with Gasteiger partial charge >= 0.3 is 6.03 Å². The third kappa shape index (κ3) is 5.08. The van der Waals surface area contributed by atoms with Crippen molar-refractivity contribution in [2.75, 3.05) is 29.4 Å². The Bertz CT molecular complexity index is 1200. The normalized spacial score (nSPS) is 18.1. The Morgan fingerprint density at radius 3 is 2.42 bits per heavy atom. The van der Waals surface area contributed by atoms with E-state index in [1.807, 2.05) is 19.1 Å². The van der Waals surface area contributed by atoms with Crippen LogP contribution in [0.15, 0.2) is 42.5 Å². The molecule has 0 aliphatic carbocycles. The van der Waals surface area contributed by atoms with Crippen molar-refractivity contribution in [3.63, 3.8) is 0 Å². The summed E-state index contributed by atoms with van der Waals surface area (Å²) in [4.78, 5) is 38.9. The quantitative estimate of drug-likeness (QED) is 0.502. The van der Waals surface area contributed by atoms with Crippen LogP contribution in [0, 0.1) is 6.92 Å². The number of hydrogen-bond donors (Lipinski definition) is 3. The van der Waals surface area contributed by atoms with E-state index in [1.54, 1.807) is 19.1 Å². The van der Waals surface area contributed by atoms with Crippen molar-refractivity contribution in [1.82, 2.24) is 10.2 Å². The van der Waals surface area contributed by atoms with Crippen molar-refractivity contribution in [1.29, 1.82) is 0 Å². The average molecular weight is 475 g/mol. The lowest BCUT2D eigenvalue weighted by atomic mass is 9.91. The minimum Gasteiger partial charge on any atom is -0.494 e. The molecule has 33 heavy (non-hydrogen) atoms. The molecule has 0 saturated carbocycles. The first kappa shape index (κ1) is 24.1. The monoisotopic (exact) mass is 474 g/mol. The molecule has 0 spiro atoms. The maximum absolute atomic E-state index is 13.0. The SMILES string of the molecule is CCS(=O)(=O)Nc1ccc(NC(=O)CN2C(=O)NC(C)(c3ccc(C)cc3)C2=O)cc1OC. The molecule has 0 aromatic heterocycles. The van der Waals surface area contributed by atoms with Gasteiger partial charge in [0.2, 0.25) is 15.9 Å². The maximum atomic E-state index is 13.0. The van der Waals surface area contributed by atoms with Crippen molar-refractivity contribution in [3.05, 3.63) is 53.6 Å². The van der Waals surface area contributed by atoms with E-state index in [2.05, 4.69) is 15.4 Å². The number of urea groups is 1. The minimum atomic E-state index is -3.51. The van der Waals surface area contributed by atoms with Crippen LogP contribution in [0.5, 0.6) is 5.75 Å². The van der Waals surface area contributed by atoms with E-state index >= 15 is 0 Å². The second-order valence-electron chi connectivity index (χ2n) is 7.78. The number of carbonyl (C=O) groups is 3. The zero-order valence-corrected chi connectivity index (χ0v) is 19.6. The number of ether oxygens (including phenoxy) is 1. The van der Waals surface area contributed by atoms with Crippen molar-refractivity contribution >= 4 is 39.2 Å². The lowest BCUT2D eigenvalue weighted by molar-refractivity contribution is -0.133. The van der Waals surface area contributed by atoms with Gasteiger partial charge in [-0.15, -0.1) is 0 Å². The standard InChI is InChI=1S/C22H26N4O6S/c1-5-33(30,31)25-17-11-10-16(12-18(17)32-4)23-19(27)13-26-20(28)22(3,24-21(26)29)15-8-6-14(2)7-9-15/h6-12,25H,5,13H2,1-4H3,(H,23,27)(H,24,29). The van der Waals surface area contributed by atoms with Crippen LogP contribution < -0.4 is 20.1 Å². The number of rotatable bonds is 8. The van der Waals surface area contributed by atoms with Crippen LogP contribution in [0.4, 0.5) is 16.2 Å². The van der Waals surface area contributed by atoms with Gasteiger partial charge in [0.25, 0.3) is 5.91 Å². The molecule has 1 atom stereocenters. The van der Waals surface area contributed by atoms with Gasteiger partial charge in [0, 0.05) is 11.8 Å². The number of nitrogens with zero attached hydrogens (tertiary/aromatic N) is 1. The van der Waals surface area contributed by atoms with Crippen LogP contribution in [-0.2, 0) is 25.2 Å². The molecule has 1 saturated heterocycles. The number of anilines is 2. The highest BCUT2D eigenvalue weighted by Gasteiger charge is 2.49. The predicted octanol–water partition coefficient (Wildman–Crippen LogP) is 2.17. The van der Waals surface area contributed by atoms with Gasteiger partial charge in [-0.2, -0.15) is 0 Å². The van der Waals surface area contributed by atoms with Crippen LogP contribution >= 0.6 is 0 Å². The molecule has 1 aliphatic heterocycles. The number of imide groups is 1. The molecule has 11 heteroatoms. The minimum absolute atomic E-state index is 0.109. The summed E-state index contributed by atoms with van der Waals surface area (Å²) >= 11 is 0. The number of nitrogens with one attached hydrogen (secondary N) is 3. The molecule has 0 bridgehead atoms. The highest BCUT2D eigenvalue weighted by Crippen LogP contribution is 2.30. The highest BCUT2D eigenvalue weighted by atomic mass is 32.2. The lowest BCUT2D eigenvalue weighted by Gasteiger charge is -2.22. The van der Waals surface area contributed by atoms with Crippen molar-refractivity contribution in [3.8, 4) is 5.75 Å². The van der Waals surface area contributed by atoms with Crippen LogP contribution in [0.25, 0.3) is 0 Å². The van der Waals surface area contributed by atoms with Gasteiger partial charge in [0.1, 0.15) is 17.8 Å². The van der Waals surface area contributed by atoms with Crippen molar-refractivity contribution in [2.24, 2.45) is 0 Å². The third-order valence-corrected chi connectivity index (χ3v) is 6.63. The van der Waals surface area contributed by atoms with Gasteiger partial charge in [-0.3, -0.25) is 19.2 Å². The first-order valence-corrected chi connectivity index (χ1v) is 11.8. The fourth-order valence-electron chi connectivity index (χ4n) is 3.36. The fraction of sp³-hybridized carbons (Fsp3) is 0.318. The summed E-state index contributed by atoms with van der Waals surface area (Å²) in [6.07, 6.45) is 0. The molecule has 1 aliphatic rings. The molecule has 4 amide bonds. The largest absolute Gasteiger partial charge is 0.494 e. The van der Waals surface area contributed by atoms with Crippen LogP contribution in [0.1, 0.15) is 25.0 Å². The second-order valence-corrected chi connectivity index (χ2v) is 9.79. The Labute approximate surface area is 192 Å². The predicted molar refractivity (Wildman–Crippen MR) is 123 cm³/mol. The second kappa shape index (κ2) is 9.10. The third-order valence-electron chi connectivity index (χ3n) is 5.34. The Kier molecular flexibility index (Phi) is 6.63. The van der Waals surface area contributed by atoms with Crippen molar-refractivity contribution in [2.45, 2.75) is 26.3 Å². The number of methoxy groups -OCH3 is 1. The summed E-state index contributed by atoms with van der Waals surface area (Å²) in [5.74, 6) is -1.04. The number of aryl methyl sites for hydroxylation is 1. The first-order valence-electron chi connectivity index (χ1n) is 10.2. The van der Waals surface area contributed by atoms with E-state index in [-0.39, 0.29) is 17.2 Å². The van der Waals surface area contributed by atoms with Gasteiger partial charge < -0.3 is 15.4 Å². The Hall–Kier alpha value is -3.60. The van der Waals surface area contributed by atoms with Gasteiger partial charge in [-0.05, 0) is 38.5 Å². The summed E-state index contributed by atoms with van der Waals surface area (Å²) in [5, 5.41) is 5.25. The zero-order valence-electron chi connectivity index (χ0n) is 18.8. The molecule has 3 rings (SSSR count). The molecule has 10 nitrogen and oxygen atoms in total. The molecule has 3 N–H and O–H groups in total. The molecular weight excluding hydrogens is 448 g/mol. The maximum Gasteiger partial charge on any atom is 0.325 e. The molecule has 2 aromatic carbocycles. The number of carbonyl (C=O) groups excluding carboxylic acids is 3. The number of hydrogen-bond acceptors (Lipinski definition) is 6. The average Bonchev–Trinajstić information content (AvgIpc) is 2.98. The Morgan fingerprint density at radius 2 is 1.82 bits per heavy atom. The van der Waals surface area contributed by atoms with E-state index in [1.165, 1.54) is 32.2 Å². The molecule has 0 radical (unpaired) electrons. The summed E-state index contributed by atoms with van der Waals surface area (Å²) < 4.78 is 31.2. The summed E-state index contributed by atoms with van der Waals surface area (Å²) in [6, 6.07) is 10.9. The smallest absolute Gasteiger partial charge is 0.325 e. The summed E-state index contributed by atoms with van der Waals surface area (Å²) in [5.41, 5.74) is 0.889. The highest BCUT2D eigenvalue weighted by molar-refractivity contribution is 7.92. The van der Waals surface area contributed by atoms with Crippen LogP contribution in [0.3, 0.4) is 0 Å². The fourth-order valence-corrected chi connectivity index (χ4v) is 4.01. The van der Waals surface area contributed by atoms with E-state index in [4.69, 9.17) is 4.74 Å². The van der Waals surface area contributed by atoms with Gasteiger partial charge in [0.05, 0.1) is 18.6 Å². The van der Waals surface area contributed by atoms with E-state index in [0.29, 0.717) is 11.3 Å². The zero-order chi connectivity index (χ0) is 24.4. The number of benzene rings is 2. The van der Waals surface area contributed by atoms with Crippen LogP contribution in [-0.4, -0.2) is 50.6 Å². The molecule has 2 aromatic rings. The lowest BCUT2D eigenvalue weighted by Crippen LogP contribution is -2.42. The molecular formula is C22H26N4O6S. The number of amides is 4. The molecule has 1 unspecified atom stereocenters. The van der Waals surface area contributed by atoms with E-state index in [0.717, 1.165) is 10.5 Å². The summed E-state index contributed by atoms with van der Waals surface area (Å²) in [7, 11) is -2.15. The molecule has 1 fully saturated rings. The number of sulfonamides is 1. The molecule has 1 heterocycles.